The summed E-state index contributed by atoms with van der Waals surface area (Å²) < 4.78 is 0. The van der Waals surface area contributed by atoms with Crippen molar-refractivity contribution >= 4 is 23.2 Å². The molecule has 0 heterocycles. The Bertz CT molecular complexity index is 596. The highest BCUT2D eigenvalue weighted by Crippen LogP contribution is 2.18. The predicted octanol–water partition coefficient (Wildman–Crippen LogP) is 3.34. The molecule has 2 rings (SSSR count). The zero-order valence-electron chi connectivity index (χ0n) is 11.3. The number of nitrogen functional groups attached to an aromatic ring is 1. The van der Waals surface area contributed by atoms with Crippen LogP contribution in [0.25, 0.3) is 0 Å². The Labute approximate surface area is 123 Å². The lowest BCUT2D eigenvalue weighted by atomic mass is 10.00. The Morgan fingerprint density at radius 1 is 1.25 bits per heavy atom. The van der Waals surface area contributed by atoms with Gasteiger partial charge in [-0.1, -0.05) is 35.9 Å². The fraction of sp³-hybridized carbons (Fsp3) is 0.188. The molecule has 0 radical (unpaired) electrons. The van der Waals surface area contributed by atoms with Gasteiger partial charge < -0.3 is 11.1 Å². The van der Waals surface area contributed by atoms with Crippen molar-refractivity contribution < 1.29 is 4.79 Å². The quantitative estimate of drug-likeness (QED) is 0.848. The van der Waals surface area contributed by atoms with Crippen LogP contribution in [0.1, 0.15) is 24.0 Å². The molecule has 3 nitrogen and oxygen atoms in total. The van der Waals surface area contributed by atoms with Crippen LogP contribution in [-0.4, -0.2) is 5.91 Å². The maximum atomic E-state index is 12.1. The van der Waals surface area contributed by atoms with Gasteiger partial charge in [0, 0.05) is 17.3 Å². The van der Waals surface area contributed by atoms with E-state index in [4.69, 9.17) is 17.3 Å². The van der Waals surface area contributed by atoms with Crippen molar-refractivity contribution in [2.45, 2.75) is 19.4 Å². The van der Waals surface area contributed by atoms with Gasteiger partial charge in [0.2, 0.25) is 5.91 Å². The molecule has 3 N–H and O–H groups in total. The second-order valence-electron chi connectivity index (χ2n) is 4.74. The molecule has 1 unspecified atom stereocenters. The SMILES string of the molecule is CC(C(=O)NCc1ccc(Cl)cc1)c1cccc(N)c1. The number of halogens is 1. The highest BCUT2D eigenvalue weighted by molar-refractivity contribution is 6.30. The molecule has 104 valence electrons. The number of nitrogens with two attached hydrogens (primary N) is 1. The Morgan fingerprint density at radius 2 is 1.95 bits per heavy atom. The second-order valence-corrected chi connectivity index (χ2v) is 5.17. The Hall–Kier alpha value is -2.00. The highest BCUT2D eigenvalue weighted by atomic mass is 35.5. The molecule has 0 aromatic heterocycles. The first-order chi connectivity index (χ1) is 9.56. The Morgan fingerprint density at radius 3 is 2.60 bits per heavy atom. The predicted molar refractivity (Wildman–Crippen MR) is 82.6 cm³/mol. The minimum atomic E-state index is -0.231. The monoisotopic (exact) mass is 288 g/mol. The molecule has 0 aliphatic rings. The number of carbonyl (C=O) groups is 1. The molecule has 0 saturated heterocycles. The number of carbonyl (C=O) groups excluding carboxylic acids is 1. The van der Waals surface area contributed by atoms with Crippen LogP contribution in [-0.2, 0) is 11.3 Å². The number of nitrogens with one attached hydrogen (secondary N) is 1. The molecule has 0 fully saturated rings. The number of rotatable bonds is 4. The van der Waals surface area contributed by atoms with Crippen LogP contribution >= 0.6 is 11.6 Å². The van der Waals surface area contributed by atoms with Crippen molar-refractivity contribution in [1.29, 1.82) is 0 Å². The first-order valence-electron chi connectivity index (χ1n) is 6.44. The Balaban J connectivity index is 1.96. The first kappa shape index (κ1) is 14.4. The zero-order valence-corrected chi connectivity index (χ0v) is 12.0. The molecule has 0 saturated carbocycles. The number of amides is 1. The fourth-order valence-corrected chi connectivity index (χ4v) is 2.05. The molecule has 1 atom stereocenters. The highest BCUT2D eigenvalue weighted by Gasteiger charge is 2.14. The summed E-state index contributed by atoms with van der Waals surface area (Å²) in [5, 5.41) is 3.60. The first-order valence-corrected chi connectivity index (χ1v) is 6.81. The van der Waals surface area contributed by atoms with Gasteiger partial charge in [0.15, 0.2) is 0 Å². The summed E-state index contributed by atoms with van der Waals surface area (Å²) >= 11 is 5.82. The molecule has 0 aliphatic heterocycles. The van der Waals surface area contributed by atoms with E-state index in [9.17, 15) is 4.79 Å². The summed E-state index contributed by atoms with van der Waals surface area (Å²) in [5.74, 6) is -0.253. The third kappa shape index (κ3) is 3.75. The smallest absolute Gasteiger partial charge is 0.227 e. The van der Waals surface area contributed by atoms with Crippen LogP contribution in [0.3, 0.4) is 0 Å². The molecule has 2 aromatic carbocycles. The summed E-state index contributed by atoms with van der Waals surface area (Å²) in [4.78, 5) is 12.1. The molecule has 0 bridgehead atoms. The summed E-state index contributed by atoms with van der Waals surface area (Å²) in [6.07, 6.45) is 0. The third-order valence-corrected chi connectivity index (χ3v) is 3.44. The van der Waals surface area contributed by atoms with Crippen LogP contribution in [0.5, 0.6) is 0 Å². The summed E-state index contributed by atoms with van der Waals surface area (Å²) in [7, 11) is 0. The summed E-state index contributed by atoms with van der Waals surface area (Å²) in [6, 6.07) is 14.8. The van der Waals surface area contributed by atoms with E-state index in [2.05, 4.69) is 5.32 Å². The van der Waals surface area contributed by atoms with Gasteiger partial charge in [-0.3, -0.25) is 4.79 Å². The lowest BCUT2D eigenvalue weighted by molar-refractivity contribution is -0.122. The third-order valence-electron chi connectivity index (χ3n) is 3.18. The molecule has 0 aliphatic carbocycles. The van der Waals surface area contributed by atoms with Crippen molar-refractivity contribution in [3.05, 3.63) is 64.7 Å². The second kappa shape index (κ2) is 6.44. The number of hydrogen-bond donors (Lipinski definition) is 2. The average molecular weight is 289 g/mol. The normalized spacial score (nSPS) is 11.9. The van der Waals surface area contributed by atoms with Crippen molar-refractivity contribution in [1.82, 2.24) is 5.32 Å². The van der Waals surface area contributed by atoms with E-state index in [0.717, 1.165) is 11.1 Å². The van der Waals surface area contributed by atoms with E-state index in [0.29, 0.717) is 17.3 Å². The molecule has 1 amide bonds. The van der Waals surface area contributed by atoms with Crippen LogP contribution in [0.2, 0.25) is 5.02 Å². The molecule has 4 heteroatoms. The van der Waals surface area contributed by atoms with Crippen molar-refractivity contribution in [2.24, 2.45) is 0 Å². The maximum absolute atomic E-state index is 12.1. The number of benzene rings is 2. The zero-order chi connectivity index (χ0) is 14.5. The molecule has 0 spiro atoms. The van der Waals surface area contributed by atoms with E-state index < -0.39 is 0 Å². The summed E-state index contributed by atoms with van der Waals surface area (Å²) in [5.41, 5.74) is 8.33. The minimum absolute atomic E-state index is 0.0226. The standard InChI is InChI=1S/C16H17ClN2O/c1-11(13-3-2-4-15(18)9-13)16(20)19-10-12-5-7-14(17)8-6-12/h2-9,11H,10,18H2,1H3,(H,19,20). The lowest BCUT2D eigenvalue weighted by Crippen LogP contribution is -2.27. The van der Waals surface area contributed by atoms with Gasteiger partial charge in [-0.05, 0) is 42.3 Å². The van der Waals surface area contributed by atoms with Gasteiger partial charge in [-0.25, -0.2) is 0 Å². The van der Waals surface area contributed by atoms with Gasteiger partial charge in [-0.15, -0.1) is 0 Å². The average Bonchev–Trinajstić information content (AvgIpc) is 2.45. The van der Waals surface area contributed by atoms with E-state index in [1.165, 1.54) is 0 Å². The van der Waals surface area contributed by atoms with E-state index in [-0.39, 0.29) is 11.8 Å². The van der Waals surface area contributed by atoms with Crippen molar-refractivity contribution in [3.8, 4) is 0 Å². The molecular weight excluding hydrogens is 272 g/mol. The maximum Gasteiger partial charge on any atom is 0.227 e. The van der Waals surface area contributed by atoms with Gasteiger partial charge in [0.25, 0.3) is 0 Å². The number of hydrogen-bond acceptors (Lipinski definition) is 2. The largest absolute Gasteiger partial charge is 0.399 e. The topological polar surface area (TPSA) is 55.1 Å². The van der Waals surface area contributed by atoms with Crippen molar-refractivity contribution in [2.75, 3.05) is 5.73 Å². The van der Waals surface area contributed by atoms with Crippen LogP contribution in [0, 0.1) is 0 Å². The van der Waals surface area contributed by atoms with Gasteiger partial charge in [-0.2, -0.15) is 0 Å². The van der Waals surface area contributed by atoms with E-state index >= 15 is 0 Å². The van der Waals surface area contributed by atoms with Gasteiger partial charge in [0.1, 0.15) is 0 Å². The fourth-order valence-electron chi connectivity index (χ4n) is 1.92. The summed E-state index contributed by atoms with van der Waals surface area (Å²) in [6.45, 7) is 2.36. The molecule has 20 heavy (non-hydrogen) atoms. The van der Waals surface area contributed by atoms with E-state index in [1.807, 2.05) is 55.5 Å². The van der Waals surface area contributed by atoms with Gasteiger partial charge >= 0.3 is 0 Å². The van der Waals surface area contributed by atoms with Crippen LogP contribution < -0.4 is 11.1 Å². The minimum Gasteiger partial charge on any atom is -0.399 e. The molecule has 2 aromatic rings. The van der Waals surface area contributed by atoms with Crippen LogP contribution in [0.15, 0.2) is 48.5 Å². The van der Waals surface area contributed by atoms with Crippen molar-refractivity contribution in [3.63, 3.8) is 0 Å². The lowest BCUT2D eigenvalue weighted by Gasteiger charge is -2.13. The Kier molecular flexibility index (Phi) is 4.64. The molecular formula is C16H17ClN2O. The van der Waals surface area contributed by atoms with E-state index in [1.54, 1.807) is 0 Å². The van der Waals surface area contributed by atoms with Crippen LogP contribution in [0.4, 0.5) is 5.69 Å². The van der Waals surface area contributed by atoms with Gasteiger partial charge in [0.05, 0.1) is 5.92 Å². The number of anilines is 1.